The van der Waals surface area contributed by atoms with Crippen LogP contribution >= 0.6 is 0 Å². The number of ether oxygens (including phenoxy) is 2. The molecule has 1 aliphatic rings. The lowest BCUT2D eigenvalue weighted by Crippen LogP contribution is -2.53. The molecule has 0 aliphatic carbocycles. The fourth-order valence-corrected chi connectivity index (χ4v) is 3.00. The predicted octanol–water partition coefficient (Wildman–Crippen LogP) is -0.862. The van der Waals surface area contributed by atoms with Crippen molar-refractivity contribution in [2.45, 2.75) is 13.0 Å². The first-order chi connectivity index (χ1) is 7.99. The Morgan fingerprint density at radius 3 is 2.88 bits per heavy atom. The van der Waals surface area contributed by atoms with Gasteiger partial charge < -0.3 is 14.6 Å². The number of sulfonamides is 1. The van der Waals surface area contributed by atoms with E-state index >= 15 is 0 Å². The maximum Gasteiger partial charge on any atom is 0.324 e. The molecule has 1 N–H and O–H groups in total. The molecular formula is C9H17NO6S. The van der Waals surface area contributed by atoms with Crippen LogP contribution in [0.4, 0.5) is 0 Å². The van der Waals surface area contributed by atoms with E-state index in [1.165, 1.54) is 0 Å². The maximum absolute atomic E-state index is 11.9. The minimum Gasteiger partial charge on any atom is -0.480 e. The van der Waals surface area contributed by atoms with Crippen LogP contribution in [-0.2, 0) is 24.3 Å². The summed E-state index contributed by atoms with van der Waals surface area (Å²) >= 11 is 0. The number of carboxylic acid groups (broad SMARTS) is 1. The third-order valence-corrected chi connectivity index (χ3v) is 4.25. The third-order valence-electron chi connectivity index (χ3n) is 2.41. The maximum atomic E-state index is 11.9. The number of morpholine rings is 1. The smallest absolute Gasteiger partial charge is 0.324 e. The zero-order chi connectivity index (χ0) is 12.9. The minimum atomic E-state index is -3.60. The quantitative estimate of drug-likeness (QED) is 0.629. The van der Waals surface area contributed by atoms with Gasteiger partial charge in [0.05, 0.1) is 25.6 Å². The van der Waals surface area contributed by atoms with Crippen molar-refractivity contribution >= 4 is 16.0 Å². The van der Waals surface area contributed by atoms with E-state index in [-0.39, 0.29) is 32.1 Å². The number of carbonyl (C=O) groups is 1. The van der Waals surface area contributed by atoms with Crippen LogP contribution in [0.1, 0.15) is 6.92 Å². The summed E-state index contributed by atoms with van der Waals surface area (Å²) in [5.41, 5.74) is 0. The molecule has 0 radical (unpaired) electrons. The van der Waals surface area contributed by atoms with Crippen molar-refractivity contribution < 1.29 is 27.8 Å². The highest BCUT2D eigenvalue weighted by Crippen LogP contribution is 2.13. The molecule has 0 amide bonds. The largest absolute Gasteiger partial charge is 0.480 e. The first-order valence-electron chi connectivity index (χ1n) is 5.37. The van der Waals surface area contributed by atoms with Crippen molar-refractivity contribution in [1.82, 2.24) is 4.31 Å². The van der Waals surface area contributed by atoms with E-state index in [2.05, 4.69) is 0 Å². The third kappa shape index (κ3) is 3.91. The van der Waals surface area contributed by atoms with Crippen LogP contribution in [0.2, 0.25) is 0 Å². The Morgan fingerprint density at radius 2 is 2.29 bits per heavy atom. The fourth-order valence-electron chi connectivity index (χ4n) is 1.54. The molecule has 0 aromatic heterocycles. The van der Waals surface area contributed by atoms with Gasteiger partial charge in [-0.3, -0.25) is 4.79 Å². The average Bonchev–Trinajstić information content (AvgIpc) is 2.29. The summed E-state index contributed by atoms with van der Waals surface area (Å²) in [5, 5.41) is 8.93. The molecule has 1 heterocycles. The van der Waals surface area contributed by atoms with Crippen LogP contribution in [-0.4, -0.2) is 68.6 Å². The zero-order valence-electron chi connectivity index (χ0n) is 9.66. The topological polar surface area (TPSA) is 93.1 Å². The summed E-state index contributed by atoms with van der Waals surface area (Å²) in [6.07, 6.45) is 0. The number of hydrogen-bond donors (Lipinski definition) is 1. The van der Waals surface area contributed by atoms with E-state index in [0.717, 1.165) is 4.31 Å². The molecule has 1 saturated heterocycles. The van der Waals surface area contributed by atoms with Gasteiger partial charge in [0.2, 0.25) is 10.0 Å². The van der Waals surface area contributed by atoms with Gasteiger partial charge in [0.1, 0.15) is 6.04 Å². The van der Waals surface area contributed by atoms with Crippen molar-refractivity contribution in [3.8, 4) is 0 Å². The number of carboxylic acids is 1. The molecule has 0 aromatic carbocycles. The molecule has 1 unspecified atom stereocenters. The van der Waals surface area contributed by atoms with Crippen LogP contribution in [0.25, 0.3) is 0 Å². The number of aliphatic carboxylic acids is 1. The van der Waals surface area contributed by atoms with E-state index in [1.54, 1.807) is 6.92 Å². The van der Waals surface area contributed by atoms with Gasteiger partial charge >= 0.3 is 5.97 Å². The molecule has 1 rings (SSSR count). The molecule has 1 atom stereocenters. The summed E-state index contributed by atoms with van der Waals surface area (Å²) in [6.45, 7) is 2.46. The first kappa shape index (κ1) is 14.4. The van der Waals surface area contributed by atoms with Crippen LogP contribution in [0.15, 0.2) is 0 Å². The van der Waals surface area contributed by atoms with Gasteiger partial charge in [-0.25, -0.2) is 8.42 Å². The SMILES string of the molecule is CCOCCS(=O)(=O)N1CCOCC1C(=O)O. The second-order valence-electron chi connectivity index (χ2n) is 3.55. The lowest BCUT2D eigenvalue weighted by Gasteiger charge is -2.31. The van der Waals surface area contributed by atoms with Crippen molar-refractivity contribution in [3.05, 3.63) is 0 Å². The van der Waals surface area contributed by atoms with Crippen molar-refractivity contribution in [2.24, 2.45) is 0 Å². The van der Waals surface area contributed by atoms with E-state index in [0.29, 0.717) is 6.61 Å². The minimum absolute atomic E-state index is 0.0720. The Hall–Kier alpha value is -0.700. The van der Waals surface area contributed by atoms with E-state index in [4.69, 9.17) is 14.6 Å². The molecular weight excluding hydrogens is 250 g/mol. The molecule has 0 saturated carbocycles. The molecule has 0 aromatic rings. The van der Waals surface area contributed by atoms with Crippen molar-refractivity contribution in [1.29, 1.82) is 0 Å². The van der Waals surface area contributed by atoms with Gasteiger partial charge in [0.25, 0.3) is 0 Å². The Bertz CT molecular complexity index is 354. The van der Waals surface area contributed by atoms with Gasteiger partial charge in [0, 0.05) is 13.2 Å². The van der Waals surface area contributed by atoms with Gasteiger partial charge in [-0.05, 0) is 6.92 Å². The van der Waals surface area contributed by atoms with Gasteiger partial charge in [-0.15, -0.1) is 0 Å². The molecule has 17 heavy (non-hydrogen) atoms. The summed E-state index contributed by atoms with van der Waals surface area (Å²) in [5.74, 6) is -1.39. The van der Waals surface area contributed by atoms with E-state index in [9.17, 15) is 13.2 Å². The lowest BCUT2D eigenvalue weighted by molar-refractivity contribution is -0.146. The number of hydrogen-bond acceptors (Lipinski definition) is 5. The zero-order valence-corrected chi connectivity index (χ0v) is 10.5. The Labute approximate surface area is 100 Å². The van der Waals surface area contributed by atoms with Crippen molar-refractivity contribution in [3.63, 3.8) is 0 Å². The Kier molecular flexibility index (Phi) is 5.31. The molecule has 1 aliphatic heterocycles. The second kappa shape index (κ2) is 6.29. The number of rotatable bonds is 6. The molecule has 7 nitrogen and oxygen atoms in total. The van der Waals surface area contributed by atoms with Gasteiger partial charge in [-0.2, -0.15) is 4.31 Å². The second-order valence-corrected chi connectivity index (χ2v) is 5.59. The normalized spacial score (nSPS) is 22.5. The van der Waals surface area contributed by atoms with Crippen LogP contribution in [0.3, 0.4) is 0 Å². The molecule has 8 heteroatoms. The van der Waals surface area contributed by atoms with Crippen LogP contribution in [0, 0.1) is 0 Å². The molecule has 0 bridgehead atoms. The molecule has 0 spiro atoms. The Balaban J connectivity index is 2.69. The Morgan fingerprint density at radius 1 is 1.59 bits per heavy atom. The summed E-state index contributed by atoms with van der Waals surface area (Å²) < 4.78 is 34.7. The summed E-state index contributed by atoms with van der Waals surface area (Å²) in [7, 11) is -3.60. The highest BCUT2D eigenvalue weighted by molar-refractivity contribution is 7.89. The lowest BCUT2D eigenvalue weighted by atomic mass is 10.3. The fraction of sp³-hybridized carbons (Fsp3) is 0.889. The van der Waals surface area contributed by atoms with E-state index < -0.39 is 22.0 Å². The molecule has 1 fully saturated rings. The van der Waals surface area contributed by atoms with Crippen LogP contribution < -0.4 is 0 Å². The summed E-state index contributed by atoms with van der Waals surface area (Å²) in [6, 6.07) is -1.13. The van der Waals surface area contributed by atoms with Gasteiger partial charge in [0.15, 0.2) is 0 Å². The molecule has 100 valence electrons. The van der Waals surface area contributed by atoms with Crippen molar-refractivity contribution in [2.75, 3.05) is 38.7 Å². The highest BCUT2D eigenvalue weighted by Gasteiger charge is 2.37. The highest BCUT2D eigenvalue weighted by atomic mass is 32.2. The average molecular weight is 267 g/mol. The standard InChI is InChI=1S/C9H17NO6S/c1-2-15-5-6-17(13,14)10-3-4-16-7-8(10)9(11)12/h8H,2-7H2,1H3,(H,11,12). The predicted molar refractivity (Wildman–Crippen MR) is 59.2 cm³/mol. The van der Waals surface area contributed by atoms with E-state index in [1.807, 2.05) is 0 Å². The number of nitrogens with zero attached hydrogens (tertiary/aromatic N) is 1. The monoisotopic (exact) mass is 267 g/mol. The summed E-state index contributed by atoms with van der Waals surface area (Å²) in [4.78, 5) is 10.9. The first-order valence-corrected chi connectivity index (χ1v) is 6.97. The van der Waals surface area contributed by atoms with Gasteiger partial charge in [-0.1, -0.05) is 0 Å². The van der Waals surface area contributed by atoms with Crippen LogP contribution in [0.5, 0.6) is 0 Å².